The molecule has 0 atom stereocenters. The van der Waals surface area contributed by atoms with Crippen LogP contribution in [0.2, 0.25) is 0 Å². The molecule has 0 bridgehead atoms. The molecule has 1 heterocycles. The molecule has 1 aliphatic heterocycles. The van der Waals surface area contributed by atoms with E-state index in [4.69, 9.17) is 0 Å². The van der Waals surface area contributed by atoms with Crippen molar-refractivity contribution >= 4 is 5.97 Å². The molecule has 2 nitrogen and oxygen atoms in total. The van der Waals surface area contributed by atoms with Crippen molar-refractivity contribution in [2.45, 2.75) is 59.8 Å². The molecule has 0 N–H and O–H groups in total. The van der Waals surface area contributed by atoms with E-state index < -0.39 is 0 Å². The summed E-state index contributed by atoms with van der Waals surface area (Å²) in [5, 5.41) is 0. The predicted octanol–water partition coefficient (Wildman–Crippen LogP) is 4.10. The lowest BCUT2D eigenvalue weighted by molar-refractivity contribution is -0.137. The normalized spacial score (nSPS) is 12.9. The van der Waals surface area contributed by atoms with Crippen molar-refractivity contribution in [1.29, 1.82) is 0 Å². The average Bonchev–Trinajstić information content (AvgIpc) is 2.70. The maximum absolute atomic E-state index is 10.0. The van der Waals surface area contributed by atoms with Gasteiger partial charge in [-0.25, -0.2) is 0 Å². The van der Waals surface area contributed by atoms with Crippen LogP contribution >= 0.6 is 0 Å². The Kier molecular flexibility index (Phi) is 14.6. The standard InChI is InChI=1S/C7H14.C4H6O2.C2H6/c1-4-5-6-7(2)3;5-4-2-1-3-6-4;1-2/h2,4-6H2,1,3H3;1-3H2;1-2H3. The Morgan fingerprint density at radius 2 is 2.07 bits per heavy atom. The van der Waals surface area contributed by atoms with Gasteiger partial charge in [-0.1, -0.05) is 32.8 Å². The summed E-state index contributed by atoms with van der Waals surface area (Å²) in [5.41, 5.74) is 1.31. The van der Waals surface area contributed by atoms with Gasteiger partial charge in [-0.2, -0.15) is 0 Å². The van der Waals surface area contributed by atoms with E-state index in [0.29, 0.717) is 13.0 Å². The summed E-state index contributed by atoms with van der Waals surface area (Å²) in [6.45, 7) is 12.7. The molecule has 0 radical (unpaired) electrons. The SMILES string of the molecule is C=C(C)CCCC.CC.O=C1CCCO1. The number of hydrogen-bond donors (Lipinski definition) is 0. The molecule has 1 saturated heterocycles. The van der Waals surface area contributed by atoms with E-state index in [1.54, 1.807) is 0 Å². The number of esters is 1. The van der Waals surface area contributed by atoms with Crippen molar-refractivity contribution in [1.82, 2.24) is 0 Å². The van der Waals surface area contributed by atoms with Gasteiger partial charge in [0, 0.05) is 6.42 Å². The molecule has 0 aromatic rings. The first-order valence-corrected chi connectivity index (χ1v) is 5.96. The number of hydrogen-bond acceptors (Lipinski definition) is 2. The minimum Gasteiger partial charge on any atom is -0.466 e. The molecule has 0 aliphatic carbocycles. The van der Waals surface area contributed by atoms with Crippen LogP contribution in [-0.4, -0.2) is 12.6 Å². The van der Waals surface area contributed by atoms with Gasteiger partial charge >= 0.3 is 5.97 Å². The first-order valence-electron chi connectivity index (χ1n) is 5.96. The van der Waals surface area contributed by atoms with E-state index in [-0.39, 0.29) is 5.97 Å². The zero-order valence-corrected chi connectivity index (χ0v) is 10.8. The Labute approximate surface area is 94.7 Å². The molecular formula is C13H26O2. The van der Waals surface area contributed by atoms with E-state index in [1.807, 2.05) is 13.8 Å². The highest BCUT2D eigenvalue weighted by Gasteiger charge is 2.08. The first-order chi connectivity index (χ1) is 7.16. The number of rotatable bonds is 3. The molecule has 0 unspecified atom stereocenters. The minimum absolute atomic E-state index is 0.0463. The number of unbranched alkanes of at least 4 members (excludes halogenated alkanes) is 1. The van der Waals surface area contributed by atoms with Gasteiger partial charge in [0.25, 0.3) is 0 Å². The average molecular weight is 214 g/mol. The summed E-state index contributed by atoms with van der Waals surface area (Å²) in [6, 6.07) is 0. The van der Waals surface area contributed by atoms with Crippen molar-refractivity contribution in [2.24, 2.45) is 0 Å². The summed E-state index contributed by atoms with van der Waals surface area (Å²) in [5.74, 6) is -0.0463. The summed E-state index contributed by atoms with van der Waals surface area (Å²) >= 11 is 0. The van der Waals surface area contributed by atoms with E-state index in [1.165, 1.54) is 24.8 Å². The summed E-state index contributed by atoms with van der Waals surface area (Å²) in [6.07, 6.45) is 5.33. The Balaban J connectivity index is 0. The van der Waals surface area contributed by atoms with Gasteiger partial charge in [0.1, 0.15) is 0 Å². The molecule has 2 heteroatoms. The van der Waals surface area contributed by atoms with Gasteiger partial charge in [-0.3, -0.25) is 4.79 Å². The second-order valence-corrected chi connectivity index (χ2v) is 3.38. The van der Waals surface area contributed by atoms with E-state index >= 15 is 0 Å². The highest BCUT2D eigenvalue weighted by atomic mass is 16.5. The molecule has 1 aliphatic rings. The lowest BCUT2D eigenvalue weighted by Crippen LogP contribution is -1.88. The zero-order chi connectivity index (χ0) is 12.1. The monoisotopic (exact) mass is 214 g/mol. The lowest BCUT2D eigenvalue weighted by atomic mass is 10.2. The van der Waals surface area contributed by atoms with Crippen molar-refractivity contribution in [3.05, 3.63) is 12.2 Å². The number of cyclic esters (lactones) is 1. The van der Waals surface area contributed by atoms with Crippen molar-refractivity contribution in [2.75, 3.05) is 6.61 Å². The third-order valence-electron chi connectivity index (χ3n) is 1.75. The third kappa shape index (κ3) is 15.9. The van der Waals surface area contributed by atoms with Gasteiger partial charge in [0.05, 0.1) is 6.61 Å². The summed E-state index contributed by atoms with van der Waals surface area (Å²) in [4.78, 5) is 10.0. The predicted molar refractivity (Wildman–Crippen MR) is 65.9 cm³/mol. The summed E-state index contributed by atoms with van der Waals surface area (Å²) in [7, 11) is 0. The first kappa shape index (κ1) is 16.6. The number of carbonyl (C=O) groups is 1. The van der Waals surface area contributed by atoms with Gasteiger partial charge in [-0.15, -0.1) is 6.58 Å². The van der Waals surface area contributed by atoms with Crippen LogP contribution in [0.5, 0.6) is 0 Å². The molecule has 0 aromatic heterocycles. The van der Waals surface area contributed by atoms with Gasteiger partial charge < -0.3 is 4.74 Å². The molecule has 1 fully saturated rings. The van der Waals surface area contributed by atoms with Gasteiger partial charge in [0.15, 0.2) is 0 Å². The molecule has 0 saturated carbocycles. The smallest absolute Gasteiger partial charge is 0.305 e. The highest BCUT2D eigenvalue weighted by Crippen LogP contribution is 2.01. The van der Waals surface area contributed by atoms with Crippen LogP contribution < -0.4 is 0 Å². The van der Waals surface area contributed by atoms with E-state index in [9.17, 15) is 4.79 Å². The molecule has 0 spiro atoms. The second kappa shape index (κ2) is 13.2. The molecule has 0 amide bonds. The minimum atomic E-state index is -0.0463. The fraction of sp³-hybridized carbons (Fsp3) is 0.769. The highest BCUT2D eigenvalue weighted by molar-refractivity contribution is 5.70. The topological polar surface area (TPSA) is 26.3 Å². The molecule has 15 heavy (non-hydrogen) atoms. The number of allylic oxidation sites excluding steroid dienone is 1. The maximum atomic E-state index is 10.0. The lowest BCUT2D eigenvalue weighted by Gasteiger charge is -1.91. The van der Waals surface area contributed by atoms with Crippen LogP contribution in [-0.2, 0) is 9.53 Å². The van der Waals surface area contributed by atoms with E-state index in [2.05, 4.69) is 25.2 Å². The van der Waals surface area contributed by atoms with Crippen LogP contribution in [0.25, 0.3) is 0 Å². The van der Waals surface area contributed by atoms with Crippen LogP contribution in [0.4, 0.5) is 0 Å². The Morgan fingerprint density at radius 3 is 2.20 bits per heavy atom. The Hall–Kier alpha value is -0.790. The molecule has 0 aromatic carbocycles. The molecular weight excluding hydrogens is 188 g/mol. The third-order valence-corrected chi connectivity index (χ3v) is 1.75. The zero-order valence-electron chi connectivity index (χ0n) is 10.8. The Morgan fingerprint density at radius 1 is 1.47 bits per heavy atom. The van der Waals surface area contributed by atoms with E-state index in [0.717, 1.165) is 6.42 Å². The van der Waals surface area contributed by atoms with Crippen LogP contribution in [0.15, 0.2) is 12.2 Å². The number of carbonyl (C=O) groups excluding carboxylic acids is 1. The van der Waals surface area contributed by atoms with Crippen molar-refractivity contribution in [3.8, 4) is 0 Å². The largest absolute Gasteiger partial charge is 0.466 e. The fourth-order valence-corrected chi connectivity index (χ4v) is 0.953. The van der Waals surface area contributed by atoms with Crippen molar-refractivity contribution < 1.29 is 9.53 Å². The summed E-state index contributed by atoms with van der Waals surface area (Å²) < 4.78 is 4.51. The van der Waals surface area contributed by atoms with Crippen LogP contribution in [0, 0.1) is 0 Å². The van der Waals surface area contributed by atoms with Gasteiger partial charge in [0.2, 0.25) is 0 Å². The molecule has 90 valence electrons. The van der Waals surface area contributed by atoms with Crippen LogP contribution in [0.1, 0.15) is 59.8 Å². The molecule has 1 rings (SSSR count). The van der Waals surface area contributed by atoms with Crippen LogP contribution in [0.3, 0.4) is 0 Å². The number of ether oxygens (including phenoxy) is 1. The Bertz CT molecular complexity index is 154. The second-order valence-electron chi connectivity index (χ2n) is 3.38. The maximum Gasteiger partial charge on any atom is 0.305 e. The van der Waals surface area contributed by atoms with Crippen molar-refractivity contribution in [3.63, 3.8) is 0 Å². The fourth-order valence-electron chi connectivity index (χ4n) is 0.953. The van der Waals surface area contributed by atoms with Gasteiger partial charge in [-0.05, 0) is 26.2 Å². The quantitative estimate of drug-likeness (QED) is 0.522.